The minimum Gasteiger partial charge on any atom is -0.496 e. The second-order valence-electron chi connectivity index (χ2n) is 8.07. The zero-order valence-electron chi connectivity index (χ0n) is 19.0. The average molecular weight is 458 g/mol. The van der Waals surface area contributed by atoms with Gasteiger partial charge in [0.15, 0.2) is 0 Å². The summed E-state index contributed by atoms with van der Waals surface area (Å²) in [5.74, 6) is -1.31. The number of barbiturate groups is 1. The standard InChI is InChI=1S/C27H23FN2O4/c1-16-8-11-21(12-17(16)2)30-26(32)22(25(31)29-27(30)33)13-18-9-10-20(24(14-18)34-3)15-19-6-4-5-7-23(19)28/h4-14H,15H2,1-3H3,(H,29,31,33)/b22-13+. The third kappa shape index (κ3) is 4.45. The monoisotopic (exact) mass is 458 g/mol. The van der Waals surface area contributed by atoms with Crippen LogP contribution in [0.3, 0.4) is 0 Å². The summed E-state index contributed by atoms with van der Waals surface area (Å²) in [6.07, 6.45) is 1.73. The highest BCUT2D eigenvalue weighted by Gasteiger charge is 2.36. The first-order valence-corrected chi connectivity index (χ1v) is 10.7. The Hall–Kier alpha value is -4.26. The molecule has 0 radical (unpaired) electrons. The van der Waals surface area contributed by atoms with Gasteiger partial charge in [-0.25, -0.2) is 14.1 Å². The maximum Gasteiger partial charge on any atom is 0.335 e. The highest BCUT2D eigenvalue weighted by atomic mass is 19.1. The molecule has 34 heavy (non-hydrogen) atoms. The largest absolute Gasteiger partial charge is 0.496 e. The Morgan fingerprint density at radius 1 is 0.941 bits per heavy atom. The third-order valence-electron chi connectivity index (χ3n) is 5.81. The van der Waals surface area contributed by atoms with Gasteiger partial charge in [-0.3, -0.25) is 14.9 Å². The van der Waals surface area contributed by atoms with Crippen molar-refractivity contribution in [2.24, 2.45) is 0 Å². The van der Waals surface area contributed by atoms with Crippen molar-refractivity contribution in [3.8, 4) is 5.75 Å². The number of carbonyl (C=O) groups excluding carboxylic acids is 3. The van der Waals surface area contributed by atoms with Crippen molar-refractivity contribution in [3.63, 3.8) is 0 Å². The van der Waals surface area contributed by atoms with Crippen LogP contribution in [0.1, 0.15) is 27.8 Å². The Labute approximate surface area is 196 Å². The summed E-state index contributed by atoms with van der Waals surface area (Å²) in [4.78, 5) is 39.0. The highest BCUT2D eigenvalue weighted by molar-refractivity contribution is 6.39. The summed E-state index contributed by atoms with van der Waals surface area (Å²) < 4.78 is 19.5. The van der Waals surface area contributed by atoms with Crippen LogP contribution >= 0.6 is 0 Å². The van der Waals surface area contributed by atoms with E-state index >= 15 is 0 Å². The average Bonchev–Trinajstić information content (AvgIpc) is 2.81. The van der Waals surface area contributed by atoms with Gasteiger partial charge in [0, 0.05) is 6.42 Å². The molecule has 4 amide bonds. The molecular weight excluding hydrogens is 435 g/mol. The van der Waals surface area contributed by atoms with Gasteiger partial charge in [0.2, 0.25) is 0 Å². The van der Waals surface area contributed by atoms with Crippen LogP contribution in [0.4, 0.5) is 14.9 Å². The molecule has 0 unspecified atom stereocenters. The molecule has 1 heterocycles. The number of halogens is 1. The number of amides is 4. The van der Waals surface area contributed by atoms with Crippen molar-refractivity contribution < 1.29 is 23.5 Å². The minimum absolute atomic E-state index is 0.179. The topological polar surface area (TPSA) is 75.7 Å². The summed E-state index contributed by atoms with van der Waals surface area (Å²) in [5, 5.41) is 2.23. The van der Waals surface area contributed by atoms with Gasteiger partial charge in [0.05, 0.1) is 12.8 Å². The summed E-state index contributed by atoms with van der Waals surface area (Å²) >= 11 is 0. The molecule has 1 aliphatic rings. The Morgan fingerprint density at radius 3 is 2.41 bits per heavy atom. The van der Waals surface area contributed by atoms with E-state index in [4.69, 9.17) is 4.74 Å². The molecule has 4 rings (SSSR count). The van der Waals surface area contributed by atoms with Crippen LogP contribution in [0.25, 0.3) is 6.08 Å². The molecule has 0 saturated carbocycles. The van der Waals surface area contributed by atoms with Gasteiger partial charge in [0.1, 0.15) is 17.1 Å². The Bertz CT molecular complexity index is 1350. The zero-order valence-corrected chi connectivity index (χ0v) is 19.0. The molecule has 1 N–H and O–H groups in total. The van der Waals surface area contributed by atoms with Gasteiger partial charge in [-0.15, -0.1) is 0 Å². The third-order valence-corrected chi connectivity index (χ3v) is 5.81. The van der Waals surface area contributed by atoms with Gasteiger partial charge in [-0.1, -0.05) is 36.4 Å². The molecule has 3 aromatic carbocycles. The molecule has 1 saturated heterocycles. The van der Waals surface area contributed by atoms with Gasteiger partial charge >= 0.3 is 6.03 Å². The van der Waals surface area contributed by atoms with E-state index in [0.717, 1.165) is 21.6 Å². The minimum atomic E-state index is -0.798. The number of methoxy groups -OCH3 is 1. The Kier molecular flexibility index (Phi) is 6.27. The van der Waals surface area contributed by atoms with E-state index in [0.29, 0.717) is 29.0 Å². The van der Waals surface area contributed by atoms with E-state index in [1.165, 1.54) is 19.3 Å². The van der Waals surface area contributed by atoms with Crippen molar-refractivity contribution in [3.05, 3.63) is 99.9 Å². The zero-order chi connectivity index (χ0) is 24.4. The van der Waals surface area contributed by atoms with Gasteiger partial charge in [-0.2, -0.15) is 0 Å². The van der Waals surface area contributed by atoms with Crippen molar-refractivity contribution in [2.45, 2.75) is 20.3 Å². The molecule has 6 nitrogen and oxygen atoms in total. The van der Waals surface area contributed by atoms with E-state index in [-0.39, 0.29) is 11.4 Å². The Balaban J connectivity index is 1.67. The number of aryl methyl sites for hydroxylation is 2. The molecular formula is C27H23FN2O4. The number of imide groups is 2. The summed E-state index contributed by atoms with van der Waals surface area (Å²) in [5.41, 5.74) is 3.93. The lowest BCUT2D eigenvalue weighted by Crippen LogP contribution is -2.54. The molecule has 0 aliphatic carbocycles. The predicted molar refractivity (Wildman–Crippen MR) is 127 cm³/mol. The van der Waals surface area contributed by atoms with Crippen molar-refractivity contribution in [1.29, 1.82) is 0 Å². The van der Waals surface area contributed by atoms with Crippen molar-refractivity contribution in [1.82, 2.24) is 5.32 Å². The fourth-order valence-corrected chi connectivity index (χ4v) is 3.77. The van der Waals surface area contributed by atoms with E-state index in [1.54, 1.807) is 48.5 Å². The van der Waals surface area contributed by atoms with Crippen LogP contribution in [-0.4, -0.2) is 25.0 Å². The fraction of sp³-hybridized carbons (Fsp3) is 0.148. The normalized spacial score (nSPS) is 15.0. The molecule has 0 spiro atoms. The number of hydrogen-bond donors (Lipinski definition) is 1. The number of anilines is 1. The van der Waals surface area contributed by atoms with E-state index in [9.17, 15) is 18.8 Å². The number of nitrogens with one attached hydrogen (secondary N) is 1. The highest BCUT2D eigenvalue weighted by Crippen LogP contribution is 2.27. The molecule has 1 fully saturated rings. The number of ether oxygens (including phenoxy) is 1. The van der Waals surface area contributed by atoms with Crippen LogP contribution < -0.4 is 15.0 Å². The van der Waals surface area contributed by atoms with Gasteiger partial charge in [0.25, 0.3) is 11.8 Å². The Morgan fingerprint density at radius 2 is 1.71 bits per heavy atom. The number of urea groups is 1. The molecule has 172 valence electrons. The van der Waals surface area contributed by atoms with E-state index < -0.39 is 17.8 Å². The molecule has 1 aliphatic heterocycles. The van der Waals surface area contributed by atoms with Crippen LogP contribution in [0, 0.1) is 19.7 Å². The maximum atomic E-state index is 14.1. The van der Waals surface area contributed by atoms with E-state index in [1.807, 2.05) is 19.9 Å². The van der Waals surface area contributed by atoms with Crippen molar-refractivity contribution >= 4 is 29.6 Å². The first kappa shape index (κ1) is 22.9. The second-order valence-corrected chi connectivity index (χ2v) is 8.07. The molecule has 0 atom stereocenters. The number of carbonyl (C=O) groups is 3. The molecule has 0 aromatic heterocycles. The van der Waals surface area contributed by atoms with Crippen LogP contribution in [-0.2, 0) is 16.0 Å². The quantitative estimate of drug-likeness (QED) is 0.444. The summed E-state index contributed by atoms with van der Waals surface area (Å²) in [7, 11) is 1.50. The molecule has 3 aromatic rings. The van der Waals surface area contributed by atoms with Gasteiger partial charge in [-0.05, 0) is 72.0 Å². The SMILES string of the molecule is COc1cc(/C=C2\C(=O)NC(=O)N(c3ccc(C)c(C)c3)C2=O)ccc1Cc1ccccc1F. The lowest BCUT2D eigenvalue weighted by molar-refractivity contribution is -0.122. The number of benzene rings is 3. The van der Waals surface area contributed by atoms with E-state index in [2.05, 4.69) is 5.32 Å². The summed E-state index contributed by atoms with van der Waals surface area (Å²) in [6, 6.07) is 16.0. The second kappa shape index (κ2) is 9.31. The number of rotatable bonds is 5. The predicted octanol–water partition coefficient (Wildman–Crippen LogP) is 4.71. The summed E-state index contributed by atoms with van der Waals surface area (Å²) in [6.45, 7) is 3.80. The molecule has 0 bridgehead atoms. The van der Waals surface area contributed by atoms with Crippen molar-refractivity contribution in [2.75, 3.05) is 12.0 Å². The first-order chi connectivity index (χ1) is 16.3. The molecule has 7 heteroatoms. The van der Waals surface area contributed by atoms with Crippen LogP contribution in [0.15, 0.2) is 66.2 Å². The van der Waals surface area contributed by atoms with Gasteiger partial charge < -0.3 is 4.74 Å². The first-order valence-electron chi connectivity index (χ1n) is 10.7. The lowest BCUT2D eigenvalue weighted by atomic mass is 10.00. The van der Waals surface area contributed by atoms with Crippen LogP contribution in [0.2, 0.25) is 0 Å². The van der Waals surface area contributed by atoms with Crippen LogP contribution in [0.5, 0.6) is 5.75 Å². The lowest BCUT2D eigenvalue weighted by Gasteiger charge is -2.27. The number of hydrogen-bond acceptors (Lipinski definition) is 4. The smallest absolute Gasteiger partial charge is 0.335 e. The maximum absolute atomic E-state index is 14.1. The fourth-order valence-electron chi connectivity index (χ4n) is 3.77. The number of nitrogens with zero attached hydrogens (tertiary/aromatic N) is 1.